The average Bonchev–Trinajstić information content (AvgIpc) is 2.54. The van der Waals surface area contributed by atoms with Crippen LogP contribution in [0, 0.1) is 5.92 Å². The van der Waals surface area contributed by atoms with Gasteiger partial charge in [-0.1, -0.05) is 13.8 Å². The van der Waals surface area contributed by atoms with E-state index in [4.69, 9.17) is 0 Å². The van der Waals surface area contributed by atoms with Crippen LogP contribution in [-0.2, 0) is 0 Å². The lowest BCUT2D eigenvalue weighted by molar-refractivity contribution is 0.0154. The molecule has 2 heterocycles. The molecule has 0 bridgehead atoms. The first-order valence-electron chi connectivity index (χ1n) is 7.00. The third kappa shape index (κ3) is 2.96. The summed E-state index contributed by atoms with van der Waals surface area (Å²) in [5, 5.41) is 3.54. The monoisotopic (exact) mass is 225 g/mol. The summed E-state index contributed by atoms with van der Waals surface area (Å²) in [4.78, 5) is 5.38. The molecule has 2 aliphatic rings. The Kier molecular flexibility index (Phi) is 4.62. The fourth-order valence-electron chi connectivity index (χ4n) is 3.15. The van der Waals surface area contributed by atoms with Crippen molar-refractivity contribution in [2.24, 2.45) is 5.92 Å². The van der Waals surface area contributed by atoms with Crippen LogP contribution in [-0.4, -0.2) is 55.2 Å². The quantitative estimate of drug-likeness (QED) is 0.765. The number of nitrogens with one attached hydrogen (secondary N) is 1. The van der Waals surface area contributed by atoms with Crippen molar-refractivity contribution in [3.63, 3.8) is 0 Å². The van der Waals surface area contributed by atoms with Crippen molar-refractivity contribution in [3.8, 4) is 0 Å². The van der Waals surface area contributed by atoms with Crippen molar-refractivity contribution in [2.75, 3.05) is 39.3 Å². The van der Waals surface area contributed by atoms with Crippen LogP contribution in [0.1, 0.15) is 33.1 Å². The second kappa shape index (κ2) is 5.99. The van der Waals surface area contributed by atoms with Gasteiger partial charge in [-0.05, 0) is 44.8 Å². The van der Waals surface area contributed by atoms with Gasteiger partial charge in [0.15, 0.2) is 0 Å². The van der Waals surface area contributed by atoms with E-state index in [0.29, 0.717) is 0 Å². The molecule has 0 aromatic rings. The van der Waals surface area contributed by atoms with E-state index < -0.39 is 0 Å². The topological polar surface area (TPSA) is 18.5 Å². The minimum Gasteiger partial charge on any atom is -0.315 e. The van der Waals surface area contributed by atoms with Crippen LogP contribution in [0.4, 0.5) is 0 Å². The van der Waals surface area contributed by atoms with Gasteiger partial charge in [-0.25, -0.2) is 0 Å². The number of rotatable bonds is 2. The van der Waals surface area contributed by atoms with Crippen LogP contribution >= 0.6 is 0 Å². The summed E-state index contributed by atoms with van der Waals surface area (Å²) < 4.78 is 0. The van der Waals surface area contributed by atoms with Crippen molar-refractivity contribution >= 4 is 0 Å². The summed E-state index contributed by atoms with van der Waals surface area (Å²) in [6.45, 7) is 12.0. The van der Waals surface area contributed by atoms with Gasteiger partial charge in [0.1, 0.15) is 0 Å². The zero-order valence-electron chi connectivity index (χ0n) is 10.9. The van der Waals surface area contributed by atoms with Gasteiger partial charge in [-0.15, -0.1) is 0 Å². The highest BCUT2D eigenvalue weighted by Crippen LogP contribution is 2.21. The van der Waals surface area contributed by atoms with Crippen LogP contribution in [0.2, 0.25) is 0 Å². The number of likely N-dealkylation sites (tertiary alicyclic amines) is 1. The largest absolute Gasteiger partial charge is 0.315 e. The molecule has 3 nitrogen and oxygen atoms in total. The maximum absolute atomic E-state index is 3.54. The SMILES string of the molecule is CCN1CCCCC1N1CCNCC(C)C1. The first-order chi connectivity index (χ1) is 7.81. The van der Waals surface area contributed by atoms with Crippen LogP contribution < -0.4 is 5.32 Å². The molecule has 0 aromatic carbocycles. The summed E-state index contributed by atoms with van der Waals surface area (Å²) in [5.41, 5.74) is 0. The molecule has 2 rings (SSSR count). The Balaban J connectivity index is 1.96. The molecule has 0 radical (unpaired) electrons. The predicted octanol–water partition coefficient (Wildman–Crippen LogP) is 1.36. The van der Waals surface area contributed by atoms with Crippen molar-refractivity contribution in [1.29, 1.82) is 0 Å². The van der Waals surface area contributed by atoms with E-state index in [1.807, 2.05) is 0 Å². The Labute approximate surface area is 100 Å². The highest BCUT2D eigenvalue weighted by atomic mass is 15.4. The highest BCUT2D eigenvalue weighted by Gasteiger charge is 2.28. The van der Waals surface area contributed by atoms with Gasteiger partial charge in [0, 0.05) is 19.6 Å². The number of piperidine rings is 1. The molecule has 0 aromatic heterocycles. The second-order valence-electron chi connectivity index (χ2n) is 5.41. The summed E-state index contributed by atoms with van der Waals surface area (Å²) >= 11 is 0. The third-order valence-corrected chi connectivity index (χ3v) is 4.02. The van der Waals surface area contributed by atoms with Crippen molar-refractivity contribution in [1.82, 2.24) is 15.1 Å². The van der Waals surface area contributed by atoms with Gasteiger partial charge in [-0.2, -0.15) is 0 Å². The molecular weight excluding hydrogens is 198 g/mol. The highest BCUT2D eigenvalue weighted by molar-refractivity contribution is 4.81. The van der Waals surface area contributed by atoms with E-state index in [0.717, 1.165) is 12.1 Å². The van der Waals surface area contributed by atoms with Gasteiger partial charge >= 0.3 is 0 Å². The van der Waals surface area contributed by atoms with Gasteiger partial charge in [-0.3, -0.25) is 9.80 Å². The zero-order valence-corrected chi connectivity index (χ0v) is 10.9. The number of nitrogens with zero attached hydrogens (tertiary/aromatic N) is 2. The lowest BCUT2D eigenvalue weighted by Gasteiger charge is -2.42. The van der Waals surface area contributed by atoms with E-state index in [9.17, 15) is 0 Å². The minimum atomic E-state index is 0.723. The third-order valence-electron chi connectivity index (χ3n) is 4.02. The standard InChI is InChI=1S/C13H27N3/c1-3-15-8-5-4-6-13(15)16-9-7-14-10-12(2)11-16/h12-14H,3-11H2,1-2H3. The molecule has 3 heteroatoms. The van der Waals surface area contributed by atoms with Gasteiger partial charge in [0.25, 0.3) is 0 Å². The van der Waals surface area contributed by atoms with E-state index in [1.165, 1.54) is 58.5 Å². The molecule has 16 heavy (non-hydrogen) atoms. The van der Waals surface area contributed by atoms with Gasteiger partial charge < -0.3 is 5.32 Å². The normalized spacial score (nSPS) is 34.9. The fourth-order valence-corrected chi connectivity index (χ4v) is 3.15. The lowest BCUT2D eigenvalue weighted by Crippen LogP contribution is -2.52. The molecule has 0 amide bonds. The van der Waals surface area contributed by atoms with Gasteiger partial charge in [0.05, 0.1) is 6.17 Å². The Morgan fingerprint density at radius 2 is 2.12 bits per heavy atom. The molecule has 2 saturated heterocycles. The summed E-state index contributed by atoms with van der Waals surface area (Å²) in [7, 11) is 0. The molecule has 1 N–H and O–H groups in total. The molecular formula is C13H27N3. The Hall–Kier alpha value is -0.120. The molecule has 2 fully saturated rings. The number of hydrogen-bond donors (Lipinski definition) is 1. The first-order valence-corrected chi connectivity index (χ1v) is 7.00. The van der Waals surface area contributed by atoms with Crippen LogP contribution in [0.3, 0.4) is 0 Å². The molecule has 0 saturated carbocycles. The molecule has 0 spiro atoms. The summed E-state index contributed by atoms with van der Waals surface area (Å²) in [6.07, 6.45) is 4.91. The Bertz CT molecular complexity index is 207. The maximum atomic E-state index is 3.54. The van der Waals surface area contributed by atoms with Crippen molar-refractivity contribution in [2.45, 2.75) is 39.3 Å². The Morgan fingerprint density at radius 1 is 1.25 bits per heavy atom. The fraction of sp³-hybridized carbons (Fsp3) is 1.00. The van der Waals surface area contributed by atoms with Crippen LogP contribution in [0.5, 0.6) is 0 Å². The summed E-state index contributed by atoms with van der Waals surface area (Å²) in [6, 6.07) is 0. The van der Waals surface area contributed by atoms with E-state index in [-0.39, 0.29) is 0 Å². The van der Waals surface area contributed by atoms with Gasteiger partial charge in [0.2, 0.25) is 0 Å². The minimum absolute atomic E-state index is 0.723. The smallest absolute Gasteiger partial charge is 0.0622 e. The van der Waals surface area contributed by atoms with E-state index in [2.05, 4.69) is 29.0 Å². The molecule has 2 aliphatic heterocycles. The Morgan fingerprint density at radius 3 is 2.94 bits per heavy atom. The van der Waals surface area contributed by atoms with Crippen molar-refractivity contribution in [3.05, 3.63) is 0 Å². The lowest BCUT2D eigenvalue weighted by atomic mass is 10.1. The first kappa shape index (κ1) is 12.3. The predicted molar refractivity (Wildman–Crippen MR) is 68.5 cm³/mol. The zero-order chi connectivity index (χ0) is 11.4. The van der Waals surface area contributed by atoms with Crippen molar-refractivity contribution < 1.29 is 0 Å². The molecule has 2 unspecified atom stereocenters. The van der Waals surface area contributed by atoms with E-state index in [1.54, 1.807) is 0 Å². The second-order valence-corrected chi connectivity index (χ2v) is 5.41. The average molecular weight is 225 g/mol. The van der Waals surface area contributed by atoms with Crippen LogP contribution in [0.25, 0.3) is 0 Å². The summed E-state index contributed by atoms with van der Waals surface area (Å²) in [5.74, 6) is 0.795. The number of hydrogen-bond acceptors (Lipinski definition) is 3. The maximum Gasteiger partial charge on any atom is 0.0622 e. The molecule has 2 atom stereocenters. The van der Waals surface area contributed by atoms with Crippen LogP contribution in [0.15, 0.2) is 0 Å². The molecule has 0 aliphatic carbocycles. The molecule has 94 valence electrons. The van der Waals surface area contributed by atoms with E-state index >= 15 is 0 Å².